The lowest BCUT2D eigenvalue weighted by atomic mass is 10.2. The van der Waals surface area contributed by atoms with Crippen molar-refractivity contribution in [3.63, 3.8) is 0 Å². The van der Waals surface area contributed by atoms with Crippen molar-refractivity contribution in [2.24, 2.45) is 0 Å². The van der Waals surface area contributed by atoms with E-state index in [4.69, 9.17) is 20.9 Å². The molecule has 0 fully saturated rings. The van der Waals surface area contributed by atoms with E-state index in [1.54, 1.807) is 43.5 Å². The fourth-order valence-electron chi connectivity index (χ4n) is 2.47. The van der Waals surface area contributed by atoms with Gasteiger partial charge in [-0.1, -0.05) is 17.7 Å². The van der Waals surface area contributed by atoms with E-state index < -0.39 is 5.63 Å². The van der Waals surface area contributed by atoms with E-state index in [0.29, 0.717) is 32.9 Å². The molecule has 0 bridgehead atoms. The van der Waals surface area contributed by atoms with Gasteiger partial charge >= 0.3 is 10.7 Å². The molecule has 28 heavy (non-hydrogen) atoms. The number of nitrogens with zero attached hydrogens (tertiary/aromatic N) is 1. The van der Waals surface area contributed by atoms with Crippen molar-refractivity contribution in [3.05, 3.63) is 63.5 Å². The van der Waals surface area contributed by atoms with E-state index in [-0.39, 0.29) is 12.3 Å². The van der Waals surface area contributed by atoms with Crippen LogP contribution >= 0.6 is 23.4 Å². The van der Waals surface area contributed by atoms with Gasteiger partial charge in [0.1, 0.15) is 5.75 Å². The topological polar surface area (TPSA) is 88.2 Å². The first-order chi connectivity index (χ1) is 13.5. The highest BCUT2D eigenvalue weighted by molar-refractivity contribution is 7.99. The predicted molar refractivity (Wildman–Crippen MR) is 108 cm³/mol. The Balaban J connectivity index is 1.63. The lowest BCUT2D eigenvalue weighted by Crippen LogP contribution is -2.36. The number of amides is 1. The van der Waals surface area contributed by atoms with Crippen molar-refractivity contribution in [2.75, 3.05) is 18.2 Å². The van der Waals surface area contributed by atoms with Crippen LogP contribution in [0.2, 0.25) is 5.02 Å². The molecule has 0 spiro atoms. The monoisotopic (exact) mass is 420 g/mol. The normalized spacial score (nSPS) is 10.7. The van der Waals surface area contributed by atoms with Crippen molar-refractivity contribution in [1.82, 2.24) is 5.27 Å². The zero-order valence-corrected chi connectivity index (χ0v) is 16.9. The number of methoxy groups -OCH3 is 1. The maximum absolute atomic E-state index is 12.2. The van der Waals surface area contributed by atoms with Crippen LogP contribution < -0.4 is 20.4 Å². The highest BCUT2D eigenvalue weighted by Crippen LogP contribution is 2.21. The zero-order chi connectivity index (χ0) is 20.1. The van der Waals surface area contributed by atoms with Crippen LogP contribution in [0.25, 0.3) is 5.69 Å². The number of aromatic amines is 1. The van der Waals surface area contributed by atoms with Gasteiger partial charge < -0.3 is 10.1 Å². The molecule has 0 unspecified atom stereocenters. The molecule has 0 saturated heterocycles. The minimum Gasteiger partial charge on any atom is -0.497 e. The number of ether oxygens (including phenoxy) is 1. The number of thioether (sulfide) groups is 1. The third-order valence-electron chi connectivity index (χ3n) is 3.98. The summed E-state index contributed by atoms with van der Waals surface area (Å²) in [6, 6.07) is 12.5. The Morgan fingerprint density at radius 2 is 2.04 bits per heavy atom. The molecule has 9 heteroatoms. The number of H-pyrrole nitrogens is 1. The molecule has 146 valence electrons. The van der Waals surface area contributed by atoms with Gasteiger partial charge in [-0.25, -0.2) is 4.79 Å². The van der Waals surface area contributed by atoms with Crippen LogP contribution in [0.1, 0.15) is 12.0 Å². The van der Waals surface area contributed by atoms with Crippen molar-refractivity contribution in [2.45, 2.75) is 18.4 Å². The number of aromatic nitrogens is 2. The van der Waals surface area contributed by atoms with Gasteiger partial charge in [0.05, 0.1) is 7.11 Å². The molecule has 1 heterocycles. The average Bonchev–Trinajstić information content (AvgIpc) is 3.05. The van der Waals surface area contributed by atoms with Gasteiger partial charge in [-0.3, -0.25) is 9.32 Å². The van der Waals surface area contributed by atoms with Crippen LogP contribution in [0.4, 0.5) is 5.69 Å². The molecular formula is C19H19ClN3O4S+. The number of benzene rings is 2. The van der Waals surface area contributed by atoms with Gasteiger partial charge in [-0.05, 0) is 58.5 Å². The molecule has 3 rings (SSSR count). The number of carbonyl (C=O) groups is 1. The lowest BCUT2D eigenvalue weighted by molar-refractivity contribution is -0.704. The molecule has 2 N–H and O–H groups in total. The van der Waals surface area contributed by atoms with Crippen LogP contribution in [0.3, 0.4) is 0 Å². The molecule has 0 saturated carbocycles. The second kappa shape index (κ2) is 8.99. The van der Waals surface area contributed by atoms with E-state index in [0.717, 1.165) is 5.56 Å². The third kappa shape index (κ3) is 4.76. The van der Waals surface area contributed by atoms with E-state index in [2.05, 4.69) is 10.6 Å². The SMILES string of the molecule is COc1ccc(-[n+]2[nH]oc(=O)c2SCCC(=O)Nc2cc(Cl)ccc2C)cc1. The van der Waals surface area contributed by atoms with Gasteiger partial charge in [0, 0.05) is 35.0 Å². The number of carbonyl (C=O) groups excluding carboxylic acids is 1. The van der Waals surface area contributed by atoms with E-state index in [1.807, 2.05) is 13.0 Å². The zero-order valence-electron chi connectivity index (χ0n) is 15.3. The second-order valence-electron chi connectivity index (χ2n) is 5.93. The maximum Gasteiger partial charge on any atom is 0.442 e. The summed E-state index contributed by atoms with van der Waals surface area (Å²) in [5.74, 6) is 0.954. The second-order valence-corrected chi connectivity index (χ2v) is 7.45. The lowest BCUT2D eigenvalue weighted by Gasteiger charge is -2.08. The Morgan fingerprint density at radius 3 is 2.75 bits per heavy atom. The minimum absolute atomic E-state index is 0.159. The Labute approximate surface area is 170 Å². The number of nitrogens with one attached hydrogen (secondary N) is 2. The Kier molecular flexibility index (Phi) is 6.43. The number of anilines is 1. The fourth-order valence-corrected chi connectivity index (χ4v) is 3.55. The third-order valence-corrected chi connectivity index (χ3v) is 5.25. The molecule has 0 atom stereocenters. The number of aryl methyl sites for hydroxylation is 1. The summed E-state index contributed by atoms with van der Waals surface area (Å²) in [5, 5.41) is 6.32. The number of halogens is 1. The van der Waals surface area contributed by atoms with Crippen LogP contribution in [0, 0.1) is 6.92 Å². The first kappa shape index (κ1) is 20.0. The standard InChI is InChI=1S/C19H18ClN3O4S/c1-12-3-4-13(20)11-16(12)21-17(24)9-10-28-18-19(25)27-22-23(18)14-5-7-15(26-2)8-6-14/h3-8,11H,9-10H2,1-2H3,(H-,21,22,24,25)/p+1. The van der Waals surface area contributed by atoms with Gasteiger partial charge in [0.2, 0.25) is 11.6 Å². The van der Waals surface area contributed by atoms with Crippen molar-refractivity contribution >= 4 is 35.0 Å². The summed E-state index contributed by atoms with van der Waals surface area (Å²) in [7, 11) is 1.58. The molecule has 1 amide bonds. The number of hydrogen-bond donors (Lipinski definition) is 2. The van der Waals surface area contributed by atoms with Crippen LogP contribution in [-0.2, 0) is 4.79 Å². The number of hydrogen-bond acceptors (Lipinski definition) is 5. The van der Waals surface area contributed by atoms with E-state index in [9.17, 15) is 9.59 Å². The fraction of sp³-hybridized carbons (Fsp3) is 0.211. The predicted octanol–water partition coefficient (Wildman–Crippen LogP) is 3.34. The molecule has 7 nitrogen and oxygen atoms in total. The Bertz CT molecular complexity index is 1030. The van der Waals surface area contributed by atoms with Gasteiger partial charge in [-0.2, -0.15) is 0 Å². The van der Waals surface area contributed by atoms with Crippen molar-refractivity contribution in [3.8, 4) is 11.4 Å². The van der Waals surface area contributed by atoms with Gasteiger partial charge in [0.15, 0.2) is 0 Å². The first-order valence-electron chi connectivity index (χ1n) is 8.44. The molecule has 3 aromatic rings. The molecule has 2 aromatic carbocycles. The molecule has 0 aliphatic rings. The minimum atomic E-state index is -0.494. The van der Waals surface area contributed by atoms with Crippen LogP contribution in [0.15, 0.2) is 56.8 Å². The summed E-state index contributed by atoms with van der Waals surface area (Å²) >= 11 is 7.21. The average molecular weight is 421 g/mol. The smallest absolute Gasteiger partial charge is 0.442 e. The van der Waals surface area contributed by atoms with Crippen LogP contribution in [-0.4, -0.2) is 24.0 Å². The first-order valence-corrected chi connectivity index (χ1v) is 9.81. The molecule has 0 aliphatic heterocycles. The van der Waals surface area contributed by atoms with Gasteiger partial charge in [0.25, 0.3) is 0 Å². The summed E-state index contributed by atoms with van der Waals surface area (Å²) in [4.78, 5) is 24.2. The summed E-state index contributed by atoms with van der Waals surface area (Å²) in [6.07, 6.45) is 0.226. The van der Waals surface area contributed by atoms with E-state index in [1.165, 1.54) is 16.4 Å². The maximum atomic E-state index is 12.2. The molecule has 0 aliphatic carbocycles. The summed E-state index contributed by atoms with van der Waals surface area (Å²) in [6.45, 7) is 1.89. The van der Waals surface area contributed by atoms with Crippen molar-refractivity contribution in [1.29, 1.82) is 0 Å². The van der Waals surface area contributed by atoms with Gasteiger partial charge in [-0.15, -0.1) is 0 Å². The van der Waals surface area contributed by atoms with Crippen molar-refractivity contribution < 1.29 is 18.7 Å². The van der Waals surface area contributed by atoms with Crippen LogP contribution in [0.5, 0.6) is 5.75 Å². The highest BCUT2D eigenvalue weighted by atomic mass is 35.5. The quantitative estimate of drug-likeness (QED) is 0.452. The number of rotatable bonds is 7. The molecule has 0 radical (unpaired) electrons. The largest absolute Gasteiger partial charge is 0.497 e. The Morgan fingerprint density at radius 1 is 1.29 bits per heavy atom. The molecular weight excluding hydrogens is 402 g/mol. The summed E-state index contributed by atoms with van der Waals surface area (Å²) in [5.41, 5.74) is 1.83. The van der Waals surface area contributed by atoms with E-state index >= 15 is 0 Å². The highest BCUT2D eigenvalue weighted by Gasteiger charge is 2.24. The Hall–Kier alpha value is -2.71. The molecule has 1 aromatic heterocycles. The summed E-state index contributed by atoms with van der Waals surface area (Å²) < 4.78 is 11.6.